The van der Waals surface area contributed by atoms with Crippen LogP contribution in [-0.2, 0) is 0 Å². The second kappa shape index (κ2) is 9.12. The highest BCUT2D eigenvalue weighted by atomic mass is 16.3. The second-order valence-corrected chi connectivity index (χ2v) is 12.5. The van der Waals surface area contributed by atoms with E-state index in [1.807, 2.05) is 6.07 Å². The lowest BCUT2D eigenvalue weighted by Crippen LogP contribution is -1.95. The van der Waals surface area contributed by atoms with Crippen LogP contribution in [0.5, 0.6) is 0 Å². The summed E-state index contributed by atoms with van der Waals surface area (Å²) in [5.74, 6) is 0. The summed E-state index contributed by atoms with van der Waals surface area (Å²) in [5, 5.41) is 9.87. The van der Waals surface area contributed by atoms with Crippen LogP contribution < -0.4 is 0 Å². The van der Waals surface area contributed by atoms with Crippen molar-refractivity contribution >= 4 is 76.3 Å². The molecule has 0 amide bonds. The van der Waals surface area contributed by atoms with Gasteiger partial charge in [-0.1, -0.05) is 103 Å². The lowest BCUT2D eigenvalue weighted by Gasteiger charge is -2.11. The highest BCUT2D eigenvalue weighted by Gasteiger charge is 2.21. The van der Waals surface area contributed by atoms with E-state index in [1.165, 1.54) is 65.6 Å². The van der Waals surface area contributed by atoms with E-state index in [0.717, 1.165) is 33.2 Å². The quantitative estimate of drug-likeness (QED) is 0.186. The van der Waals surface area contributed by atoms with Crippen molar-refractivity contribution in [3.05, 3.63) is 158 Å². The Kier molecular flexibility index (Phi) is 4.84. The average molecular weight is 599 g/mol. The molecule has 3 nitrogen and oxygen atoms in total. The molecular formula is C44H26N2O. The molecule has 0 atom stereocenters. The standard InChI is InChI=1S/C44H26N2O/c1-2-11-28(12-3-1)45-37-17-6-4-13-31(37)36-26-29(21-24-38(36)45)46-39-18-8-10-27-20-22-33-30(23-25-40(46)43(33)42(27)39)34-15-9-16-35-32-14-5-7-19-41(32)47-44(34)35/h1-26H. The van der Waals surface area contributed by atoms with Gasteiger partial charge in [0.2, 0.25) is 0 Å². The monoisotopic (exact) mass is 598 g/mol. The molecule has 0 spiro atoms. The normalized spacial score (nSPS) is 12.3. The lowest BCUT2D eigenvalue weighted by atomic mass is 9.94. The number of rotatable bonds is 3. The topological polar surface area (TPSA) is 23.0 Å². The minimum Gasteiger partial charge on any atom is -0.455 e. The van der Waals surface area contributed by atoms with Crippen molar-refractivity contribution in [3.63, 3.8) is 0 Å². The van der Waals surface area contributed by atoms with Gasteiger partial charge in [-0.2, -0.15) is 0 Å². The lowest BCUT2D eigenvalue weighted by molar-refractivity contribution is 0.670. The molecule has 218 valence electrons. The van der Waals surface area contributed by atoms with Gasteiger partial charge < -0.3 is 13.6 Å². The van der Waals surface area contributed by atoms with E-state index in [1.54, 1.807) is 0 Å². The molecule has 0 bridgehead atoms. The van der Waals surface area contributed by atoms with Gasteiger partial charge in [0.25, 0.3) is 0 Å². The molecule has 0 N–H and O–H groups in total. The van der Waals surface area contributed by atoms with Gasteiger partial charge >= 0.3 is 0 Å². The van der Waals surface area contributed by atoms with E-state index in [9.17, 15) is 0 Å². The summed E-state index contributed by atoms with van der Waals surface area (Å²) in [6.45, 7) is 0. The van der Waals surface area contributed by atoms with Crippen molar-refractivity contribution in [2.75, 3.05) is 0 Å². The van der Waals surface area contributed by atoms with Crippen LogP contribution >= 0.6 is 0 Å². The molecule has 0 saturated heterocycles. The molecule has 47 heavy (non-hydrogen) atoms. The van der Waals surface area contributed by atoms with Crippen molar-refractivity contribution in [1.29, 1.82) is 0 Å². The Morgan fingerprint density at radius 2 is 1.06 bits per heavy atom. The maximum absolute atomic E-state index is 6.51. The van der Waals surface area contributed by atoms with E-state index in [2.05, 4.69) is 161 Å². The molecule has 11 aromatic rings. The van der Waals surface area contributed by atoms with Crippen LogP contribution in [0.25, 0.3) is 98.8 Å². The fourth-order valence-corrected chi connectivity index (χ4v) is 8.12. The zero-order chi connectivity index (χ0) is 30.6. The fourth-order valence-electron chi connectivity index (χ4n) is 8.12. The van der Waals surface area contributed by atoms with Crippen LogP contribution in [0.1, 0.15) is 0 Å². The number of aromatic nitrogens is 2. The largest absolute Gasteiger partial charge is 0.455 e. The fraction of sp³-hybridized carbons (Fsp3) is 0. The Hall–Kier alpha value is -6.32. The number of para-hydroxylation sites is 4. The average Bonchev–Trinajstić information content (AvgIpc) is 3.79. The molecule has 0 aliphatic carbocycles. The van der Waals surface area contributed by atoms with Crippen molar-refractivity contribution in [3.8, 4) is 22.5 Å². The molecule has 11 rings (SSSR count). The summed E-state index contributed by atoms with van der Waals surface area (Å²) < 4.78 is 11.3. The van der Waals surface area contributed by atoms with Gasteiger partial charge in [-0.15, -0.1) is 0 Å². The number of hydrogen-bond donors (Lipinski definition) is 0. The summed E-state index contributed by atoms with van der Waals surface area (Å²) in [5.41, 5.74) is 11.3. The third kappa shape index (κ3) is 3.30. The molecule has 8 aromatic carbocycles. The van der Waals surface area contributed by atoms with E-state index in [0.29, 0.717) is 0 Å². The van der Waals surface area contributed by atoms with Gasteiger partial charge in [0, 0.05) is 49.3 Å². The van der Waals surface area contributed by atoms with Gasteiger partial charge in [-0.05, 0) is 70.9 Å². The molecule has 0 radical (unpaired) electrons. The van der Waals surface area contributed by atoms with Gasteiger partial charge in [0.15, 0.2) is 0 Å². The van der Waals surface area contributed by atoms with Gasteiger partial charge in [0.05, 0.1) is 22.1 Å². The minimum absolute atomic E-state index is 0.920. The first-order valence-corrected chi connectivity index (χ1v) is 16.1. The molecule has 3 heteroatoms. The zero-order valence-electron chi connectivity index (χ0n) is 25.3. The summed E-state index contributed by atoms with van der Waals surface area (Å²) in [7, 11) is 0. The smallest absolute Gasteiger partial charge is 0.143 e. The molecular weight excluding hydrogens is 572 g/mol. The predicted octanol–water partition coefficient (Wildman–Crippen LogP) is 12.0. The number of benzene rings is 8. The predicted molar refractivity (Wildman–Crippen MR) is 197 cm³/mol. The van der Waals surface area contributed by atoms with Crippen molar-refractivity contribution in [2.24, 2.45) is 0 Å². The van der Waals surface area contributed by atoms with E-state index >= 15 is 0 Å². The molecule has 3 heterocycles. The van der Waals surface area contributed by atoms with Crippen LogP contribution in [0, 0.1) is 0 Å². The van der Waals surface area contributed by atoms with Crippen LogP contribution in [0.4, 0.5) is 0 Å². The maximum Gasteiger partial charge on any atom is 0.143 e. The van der Waals surface area contributed by atoms with Crippen molar-refractivity contribution < 1.29 is 4.42 Å². The summed E-state index contributed by atoms with van der Waals surface area (Å²) in [6, 6.07) is 57.0. The van der Waals surface area contributed by atoms with E-state index in [-0.39, 0.29) is 0 Å². The third-order valence-electron chi connectivity index (χ3n) is 10.1. The minimum atomic E-state index is 0.920. The van der Waals surface area contributed by atoms with E-state index in [4.69, 9.17) is 4.42 Å². The SMILES string of the molecule is c1ccc(-n2c3ccccc3c3cc(-n4c5cccc6ccc7c(-c8cccc9c8oc8ccccc89)ccc4c7c65)ccc32)cc1. The Labute approximate surface area is 269 Å². The van der Waals surface area contributed by atoms with Gasteiger partial charge in [0.1, 0.15) is 11.2 Å². The summed E-state index contributed by atoms with van der Waals surface area (Å²) in [6.07, 6.45) is 0. The Bertz CT molecular complexity index is 3010. The Morgan fingerprint density at radius 3 is 2.00 bits per heavy atom. The number of fused-ring (bicyclic) bond motifs is 6. The van der Waals surface area contributed by atoms with Crippen LogP contribution in [-0.4, -0.2) is 9.13 Å². The third-order valence-corrected chi connectivity index (χ3v) is 10.1. The van der Waals surface area contributed by atoms with Crippen molar-refractivity contribution in [1.82, 2.24) is 9.13 Å². The molecule has 3 aromatic heterocycles. The summed E-state index contributed by atoms with van der Waals surface area (Å²) >= 11 is 0. The molecule has 0 fully saturated rings. The number of hydrogen-bond acceptors (Lipinski definition) is 1. The van der Waals surface area contributed by atoms with Crippen LogP contribution in [0.3, 0.4) is 0 Å². The first-order valence-electron chi connectivity index (χ1n) is 16.1. The van der Waals surface area contributed by atoms with Gasteiger partial charge in [-0.3, -0.25) is 0 Å². The Balaban J connectivity index is 1.20. The number of nitrogens with zero attached hydrogens (tertiary/aromatic N) is 2. The first kappa shape index (κ1) is 24.9. The zero-order valence-corrected chi connectivity index (χ0v) is 25.3. The Morgan fingerprint density at radius 1 is 0.362 bits per heavy atom. The first-order chi connectivity index (χ1) is 23.3. The van der Waals surface area contributed by atoms with Crippen LogP contribution in [0.2, 0.25) is 0 Å². The summed E-state index contributed by atoms with van der Waals surface area (Å²) in [4.78, 5) is 0. The van der Waals surface area contributed by atoms with Gasteiger partial charge in [-0.25, -0.2) is 0 Å². The second-order valence-electron chi connectivity index (χ2n) is 12.5. The molecule has 0 unspecified atom stereocenters. The highest BCUT2D eigenvalue weighted by molar-refractivity contribution is 6.27. The highest BCUT2D eigenvalue weighted by Crippen LogP contribution is 2.45. The maximum atomic E-state index is 6.51. The van der Waals surface area contributed by atoms with Crippen molar-refractivity contribution in [2.45, 2.75) is 0 Å². The molecule has 0 saturated carbocycles. The molecule has 0 aliphatic heterocycles. The van der Waals surface area contributed by atoms with E-state index < -0.39 is 0 Å². The van der Waals surface area contributed by atoms with Crippen LogP contribution in [0.15, 0.2) is 162 Å². The molecule has 0 aliphatic rings. The number of furan rings is 1.